The van der Waals surface area contributed by atoms with Gasteiger partial charge in [0, 0.05) is 25.8 Å². The third-order valence-corrected chi connectivity index (χ3v) is 1.61. The van der Waals surface area contributed by atoms with Crippen LogP contribution in [0.25, 0.3) is 0 Å². The van der Waals surface area contributed by atoms with Crippen LogP contribution in [-0.2, 0) is 11.3 Å². The molecular weight excluding hydrogens is 154 g/mol. The van der Waals surface area contributed by atoms with Crippen LogP contribution in [0.2, 0.25) is 0 Å². The minimum atomic E-state index is 0.818. The molecule has 1 rings (SSSR count). The zero-order valence-corrected chi connectivity index (χ0v) is 7.38. The maximum atomic E-state index is 4.93. The second-order valence-electron chi connectivity index (χ2n) is 2.65. The lowest BCUT2D eigenvalue weighted by atomic mass is 10.3. The van der Waals surface area contributed by atoms with Crippen molar-refractivity contribution in [2.24, 2.45) is 0 Å². The molecule has 0 radical (unpaired) electrons. The molecule has 0 saturated carbocycles. The van der Waals surface area contributed by atoms with Gasteiger partial charge >= 0.3 is 0 Å². The average Bonchev–Trinajstić information content (AvgIpc) is 2.57. The monoisotopic (exact) mass is 169 g/mol. The molecule has 0 aliphatic rings. The largest absolute Gasteiger partial charge is 0.472 e. The predicted octanol–water partition coefficient (Wildman–Crippen LogP) is 1.41. The summed E-state index contributed by atoms with van der Waals surface area (Å²) in [5.74, 6) is 0. The first-order valence-corrected chi connectivity index (χ1v) is 4.14. The molecule has 1 N–H and O–H groups in total. The molecule has 3 nitrogen and oxygen atoms in total. The van der Waals surface area contributed by atoms with Gasteiger partial charge in [0.05, 0.1) is 12.5 Å². The molecule has 1 aromatic rings. The molecule has 1 aromatic heterocycles. The van der Waals surface area contributed by atoms with Crippen LogP contribution in [0.3, 0.4) is 0 Å². The number of nitrogens with one attached hydrogen (secondary N) is 1. The highest BCUT2D eigenvalue weighted by molar-refractivity contribution is 5.04. The summed E-state index contributed by atoms with van der Waals surface area (Å²) in [6.45, 7) is 2.68. The Balaban J connectivity index is 1.96. The summed E-state index contributed by atoms with van der Waals surface area (Å²) in [5.41, 5.74) is 1.19. The van der Waals surface area contributed by atoms with Crippen LogP contribution >= 0.6 is 0 Å². The van der Waals surface area contributed by atoms with Crippen molar-refractivity contribution in [3.05, 3.63) is 24.2 Å². The molecule has 0 fully saturated rings. The SMILES string of the molecule is COCCCNCc1ccoc1. The van der Waals surface area contributed by atoms with E-state index in [-0.39, 0.29) is 0 Å². The second kappa shape index (κ2) is 5.80. The van der Waals surface area contributed by atoms with E-state index >= 15 is 0 Å². The van der Waals surface area contributed by atoms with Crippen LogP contribution in [-0.4, -0.2) is 20.3 Å². The summed E-state index contributed by atoms with van der Waals surface area (Å²) < 4.78 is 9.85. The molecule has 0 aliphatic heterocycles. The average molecular weight is 169 g/mol. The van der Waals surface area contributed by atoms with Gasteiger partial charge in [-0.05, 0) is 19.0 Å². The van der Waals surface area contributed by atoms with Gasteiger partial charge < -0.3 is 14.5 Å². The fourth-order valence-corrected chi connectivity index (χ4v) is 0.967. The molecule has 0 atom stereocenters. The Kier molecular flexibility index (Phi) is 4.49. The Morgan fingerprint density at radius 3 is 3.17 bits per heavy atom. The maximum Gasteiger partial charge on any atom is 0.0947 e. The zero-order valence-electron chi connectivity index (χ0n) is 7.38. The lowest BCUT2D eigenvalue weighted by Gasteiger charge is -2.01. The highest BCUT2D eigenvalue weighted by Crippen LogP contribution is 1.97. The lowest BCUT2D eigenvalue weighted by molar-refractivity contribution is 0.194. The van der Waals surface area contributed by atoms with E-state index in [1.54, 1.807) is 19.6 Å². The van der Waals surface area contributed by atoms with Gasteiger partial charge in [-0.3, -0.25) is 0 Å². The highest BCUT2D eigenvalue weighted by Gasteiger charge is 1.92. The molecule has 12 heavy (non-hydrogen) atoms. The van der Waals surface area contributed by atoms with Crippen molar-refractivity contribution in [1.82, 2.24) is 5.32 Å². The summed E-state index contributed by atoms with van der Waals surface area (Å²) in [6, 6.07) is 1.96. The smallest absolute Gasteiger partial charge is 0.0947 e. The minimum Gasteiger partial charge on any atom is -0.472 e. The summed E-state index contributed by atoms with van der Waals surface area (Å²) in [7, 11) is 1.72. The Hall–Kier alpha value is -0.800. The minimum absolute atomic E-state index is 0.818. The summed E-state index contributed by atoms with van der Waals surface area (Å²) >= 11 is 0. The Morgan fingerprint density at radius 1 is 1.58 bits per heavy atom. The highest BCUT2D eigenvalue weighted by atomic mass is 16.5. The first-order chi connectivity index (χ1) is 5.93. The predicted molar refractivity (Wildman–Crippen MR) is 46.9 cm³/mol. The first kappa shape index (κ1) is 9.29. The summed E-state index contributed by atoms with van der Waals surface area (Å²) in [5, 5.41) is 3.28. The molecule has 0 aromatic carbocycles. The number of methoxy groups -OCH3 is 1. The number of hydrogen-bond acceptors (Lipinski definition) is 3. The molecule has 0 bridgehead atoms. The molecule has 3 heteroatoms. The molecule has 68 valence electrons. The van der Waals surface area contributed by atoms with E-state index < -0.39 is 0 Å². The van der Waals surface area contributed by atoms with Crippen molar-refractivity contribution in [1.29, 1.82) is 0 Å². The van der Waals surface area contributed by atoms with E-state index in [2.05, 4.69) is 5.32 Å². The van der Waals surface area contributed by atoms with E-state index in [0.717, 1.165) is 26.1 Å². The van der Waals surface area contributed by atoms with E-state index in [1.807, 2.05) is 6.07 Å². The quantitative estimate of drug-likeness (QED) is 0.654. The molecular formula is C9H15NO2. The van der Waals surface area contributed by atoms with Crippen molar-refractivity contribution >= 4 is 0 Å². The third-order valence-electron chi connectivity index (χ3n) is 1.61. The molecule has 0 amide bonds. The van der Waals surface area contributed by atoms with Crippen LogP contribution in [0.4, 0.5) is 0 Å². The van der Waals surface area contributed by atoms with Crippen LogP contribution in [0.15, 0.2) is 23.0 Å². The van der Waals surface area contributed by atoms with Crippen molar-refractivity contribution in [3.63, 3.8) is 0 Å². The van der Waals surface area contributed by atoms with Crippen LogP contribution in [0.1, 0.15) is 12.0 Å². The normalized spacial score (nSPS) is 10.4. The Labute approximate surface area is 72.7 Å². The Bertz CT molecular complexity index is 184. The maximum absolute atomic E-state index is 4.93. The topological polar surface area (TPSA) is 34.4 Å². The standard InChI is InChI=1S/C9H15NO2/c1-11-5-2-4-10-7-9-3-6-12-8-9/h3,6,8,10H,2,4-5,7H2,1H3. The second-order valence-corrected chi connectivity index (χ2v) is 2.65. The zero-order chi connectivity index (χ0) is 8.65. The van der Waals surface area contributed by atoms with Gasteiger partial charge in [0.25, 0.3) is 0 Å². The van der Waals surface area contributed by atoms with Gasteiger partial charge in [-0.1, -0.05) is 0 Å². The van der Waals surface area contributed by atoms with Crippen LogP contribution < -0.4 is 5.32 Å². The van der Waals surface area contributed by atoms with Crippen molar-refractivity contribution in [2.45, 2.75) is 13.0 Å². The summed E-state index contributed by atoms with van der Waals surface area (Å²) in [6.07, 6.45) is 4.49. The van der Waals surface area contributed by atoms with Gasteiger partial charge in [0.2, 0.25) is 0 Å². The van der Waals surface area contributed by atoms with Crippen molar-refractivity contribution < 1.29 is 9.15 Å². The number of furan rings is 1. The number of hydrogen-bond donors (Lipinski definition) is 1. The number of ether oxygens (including phenoxy) is 1. The van der Waals surface area contributed by atoms with Crippen LogP contribution in [0.5, 0.6) is 0 Å². The molecule has 0 unspecified atom stereocenters. The molecule has 0 aliphatic carbocycles. The van der Waals surface area contributed by atoms with Gasteiger partial charge in [0.1, 0.15) is 0 Å². The fourth-order valence-electron chi connectivity index (χ4n) is 0.967. The lowest BCUT2D eigenvalue weighted by Crippen LogP contribution is -2.15. The fraction of sp³-hybridized carbons (Fsp3) is 0.556. The van der Waals surface area contributed by atoms with Gasteiger partial charge in [-0.25, -0.2) is 0 Å². The van der Waals surface area contributed by atoms with E-state index in [0.29, 0.717) is 0 Å². The van der Waals surface area contributed by atoms with Crippen molar-refractivity contribution in [3.8, 4) is 0 Å². The van der Waals surface area contributed by atoms with Gasteiger partial charge in [-0.15, -0.1) is 0 Å². The van der Waals surface area contributed by atoms with E-state index in [4.69, 9.17) is 9.15 Å². The molecule has 1 heterocycles. The third kappa shape index (κ3) is 3.55. The van der Waals surface area contributed by atoms with Gasteiger partial charge in [0.15, 0.2) is 0 Å². The first-order valence-electron chi connectivity index (χ1n) is 4.14. The van der Waals surface area contributed by atoms with E-state index in [1.165, 1.54) is 5.56 Å². The number of rotatable bonds is 6. The van der Waals surface area contributed by atoms with Crippen molar-refractivity contribution in [2.75, 3.05) is 20.3 Å². The molecule has 0 spiro atoms. The molecule has 0 saturated heterocycles. The van der Waals surface area contributed by atoms with Gasteiger partial charge in [-0.2, -0.15) is 0 Å². The van der Waals surface area contributed by atoms with Crippen LogP contribution in [0, 0.1) is 0 Å². The Morgan fingerprint density at radius 2 is 2.50 bits per heavy atom. The van der Waals surface area contributed by atoms with E-state index in [9.17, 15) is 0 Å². The summed E-state index contributed by atoms with van der Waals surface area (Å²) in [4.78, 5) is 0.